The Bertz CT molecular complexity index is 1300. The van der Waals surface area contributed by atoms with Crippen LogP contribution >= 0.6 is 0 Å². The number of nitrogens with zero attached hydrogens (tertiary/aromatic N) is 2. The number of anilines is 2. The number of sulfonamides is 1. The molecule has 1 amide bonds. The summed E-state index contributed by atoms with van der Waals surface area (Å²) in [6, 6.07) is 20.4. The fraction of sp³-hybridized carbons (Fsp3) is 0.345. The summed E-state index contributed by atoms with van der Waals surface area (Å²) in [7, 11) is -3.93. The third-order valence-corrected chi connectivity index (χ3v) is 8.61. The normalized spacial score (nSPS) is 13.9. The zero-order valence-corrected chi connectivity index (χ0v) is 22.1. The van der Waals surface area contributed by atoms with E-state index >= 15 is 0 Å². The monoisotopic (exact) mass is 505 g/mol. The molecule has 0 atom stereocenters. The van der Waals surface area contributed by atoms with E-state index in [1.165, 1.54) is 29.3 Å². The molecule has 1 aliphatic heterocycles. The quantitative estimate of drug-likeness (QED) is 0.462. The van der Waals surface area contributed by atoms with Gasteiger partial charge in [-0.15, -0.1) is 0 Å². The van der Waals surface area contributed by atoms with Crippen LogP contribution in [0.3, 0.4) is 0 Å². The van der Waals surface area contributed by atoms with Crippen molar-refractivity contribution in [3.8, 4) is 0 Å². The van der Waals surface area contributed by atoms with Crippen LogP contribution in [0.15, 0.2) is 71.6 Å². The van der Waals surface area contributed by atoms with E-state index in [0.717, 1.165) is 35.3 Å². The zero-order chi connectivity index (χ0) is 25.7. The number of carbonyl (C=O) groups excluding carboxylic acids is 1. The van der Waals surface area contributed by atoms with Crippen molar-refractivity contribution in [3.05, 3.63) is 89.0 Å². The van der Waals surface area contributed by atoms with Gasteiger partial charge in [-0.2, -0.15) is 0 Å². The topological polar surface area (TPSA) is 69.7 Å². The van der Waals surface area contributed by atoms with Crippen LogP contribution in [0.4, 0.5) is 11.4 Å². The first-order valence-electron chi connectivity index (χ1n) is 12.5. The molecule has 0 radical (unpaired) electrons. The summed E-state index contributed by atoms with van der Waals surface area (Å²) < 4.78 is 28.4. The summed E-state index contributed by atoms with van der Waals surface area (Å²) >= 11 is 0. The summed E-state index contributed by atoms with van der Waals surface area (Å²) in [6.45, 7) is 8.02. The van der Waals surface area contributed by atoms with Gasteiger partial charge in [0.15, 0.2) is 0 Å². The van der Waals surface area contributed by atoms with E-state index in [0.29, 0.717) is 12.2 Å². The zero-order valence-electron chi connectivity index (χ0n) is 21.3. The summed E-state index contributed by atoms with van der Waals surface area (Å²) in [5, 5.41) is 2.90. The lowest BCUT2D eigenvalue weighted by atomic mass is 10.1. The first-order chi connectivity index (χ1) is 17.2. The smallest absolute Gasteiger partial charge is 0.264 e. The van der Waals surface area contributed by atoms with Crippen molar-refractivity contribution in [2.24, 2.45) is 0 Å². The number of carbonyl (C=O) groups is 1. The van der Waals surface area contributed by atoms with Gasteiger partial charge in [0.05, 0.1) is 10.6 Å². The van der Waals surface area contributed by atoms with E-state index in [1.54, 1.807) is 30.3 Å². The standard InChI is InChI=1S/C29H35N3O3S/c1-22-7-15-28(16-8-22)36(34,35)32(27-12-9-23(2)24(3)19-27)21-29(33)30-20-25-10-13-26(14-11-25)31-17-5-4-6-18-31/h7-16,19H,4-6,17-18,20-21H2,1-3H3,(H,30,33). The van der Waals surface area contributed by atoms with E-state index in [2.05, 4.69) is 22.3 Å². The fourth-order valence-corrected chi connectivity index (χ4v) is 5.81. The Hall–Kier alpha value is -3.32. The van der Waals surface area contributed by atoms with Gasteiger partial charge in [0.25, 0.3) is 10.0 Å². The highest BCUT2D eigenvalue weighted by Gasteiger charge is 2.27. The number of nitrogens with one attached hydrogen (secondary N) is 1. The number of rotatable bonds is 8. The van der Waals surface area contributed by atoms with Gasteiger partial charge in [-0.05, 0) is 93.1 Å². The molecule has 4 rings (SSSR count). The largest absolute Gasteiger partial charge is 0.372 e. The molecular formula is C29H35N3O3S. The molecule has 1 N–H and O–H groups in total. The van der Waals surface area contributed by atoms with Crippen LogP contribution in [0.5, 0.6) is 0 Å². The molecule has 1 aliphatic rings. The van der Waals surface area contributed by atoms with Gasteiger partial charge >= 0.3 is 0 Å². The SMILES string of the molecule is Cc1ccc(S(=O)(=O)N(CC(=O)NCc2ccc(N3CCCCC3)cc2)c2ccc(C)c(C)c2)cc1. The maximum absolute atomic E-state index is 13.6. The molecule has 1 heterocycles. The van der Waals surface area contributed by atoms with Crippen molar-refractivity contribution < 1.29 is 13.2 Å². The van der Waals surface area contributed by atoms with Crippen LogP contribution in [-0.2, 0) is 21.4 Å². The van der Waals surface area contributed by atoms with Gasteiger partial charge in [-0.3, -0.25) is 9.10 Å². The molecular weight excluding hydrogens is 470 g/mol. The molecule has 0 aliphatic carbocycles. The molecule has 0 unspecified atom stereocenters. The number of benzene rings is 3. The molecule has 3 aromatic rings. The number of hydrogen-bond acceptors (Lipinski definition) is 4. The highest BCUT2D eigenvalue weighted by atomic mass is 32.2. The Morgan fingerprint density at radius 3 is 2.17 bits per heavy atom. The molecule has 0 saturated carbocycles. The Labute approximate surface area is 215 Å². The van der Waals surface area contributed by atoms with E-state index in [-0.39, 0.29) is 17.3 Å². The molecule has 0 spiro atoms. The molecule has 3 aromatic carbocycles. The average Bonchev–Trinajstić information content (AvgIpc) is 2.89. The molecule has 190 valence electrons. The molecule has 1 saturated heterocycles. The van der Waals surface area contributed by atoms with E-state index in [1.807, 2.05) is 45.0 Å². The van der Waals surface area contributed by atoms with Crippen molar-refractivity contribution in [1.82, 2.24) is 5.32 Å². The minimum atomic E-state index is -3.93. The van der Waals surface area contributed by atoms with Crippen molar-refractivity contribution in [2.75, 3.05) is 28.8 Å². The predicted octanol–water partition coefficient (Wildman–Crippen LogP) is 5.11. The summed E-state index contributed by atoms with van der Waals surface area (Å²) in [4.78, 5) is 15.5. The van der Waals surface area contributed by atoms with Gasteiger partial charge in [0.2, 0.25) is 5.91 Å². The Balaban J connectivity index is 1.49. The van der Waals surface area contributed by atoms with Gasteiger partial charge in [0.1, 0.15) is 6.54 Å². The number of piperidine rings is 1. The average molecular weight is 506 g/mol. The van der Waals surface area contributed by atoms with E-state index < -0.39 is 10.0 Å². The summed E-state index contributed by atoms with van der Waals surface area (Å²) in [6.07, 6.45) is 3.74. The van der Waals surface area contributed by atoms with Crippen LogP contribution in [-0.4, -0.2) is 34.0 Å². The lowest BCUT2D eigenvalue weighted by molar-refractivity contribution is -0.119. The number of hydrogen-bond donors (Lipinski definition) is 1. The van der Waals surface area contributed by atoms with Crippen LogP contribution < -0.4 is 14.5 Å². The van der Waals surface area contributed by atoms with E-state index in [9.17, 15) is 13.2 Å². The number of amides is 1. The first kappa shape index (κ1) is 25.8. The van der Waals surface area contributed by atoms with E-state index in [4.69, 9.17) is 0 Å². The first-order valence-corrected chi connectivity index (χ1v) is 14.0. The van der Waals surface area contributed by atoms with Gasteiger partial charge in [-0.1, -0.05) is 35.9 Å². The Morgan fingerprint density at radius 1 is 0.861 bits per heavy atom. The highest BCUT2D eigenvalue weighted by molar-refractivity contribution is 7.92. The van der Waals surface area contributed by atoms with Crippen LogP contribution in [0.25, 0.3) is 0 Å². The molecule has 0 bridgehead atoms. The van der Waals surface area contributed by atoms with Crippen LogP contribution in [0.1, 0.15) is 41.5 Å². The molecule has 6 nitrogen and oxygen atoms in total. The lowest BCUT2D eigenvalue weighted by Crippen LogP contribution is -2.40. The summed E-state index contributed by atoms with van der Waals surface area (Å²) in [5.74, 6) is -0.357. The second-order valence-electron chi connectivity index (χ2n) is 9.58. The third kappa shape index (κ3) is 6.08. The van der Waals surface area contributed by atoms with Crippen molar-refractivity contribution in [1.29, 1.82) is 0 Å². The number of aryl methyl sites for hydroxylation is 3. The van der Waals surface area contributed by atoms with Crippen molar-refractivity contribution in [3.63, 3.8) is 0 Å². The van der Waals surface area contributed by atoms with Gasteiger partial charge < -0.3 is 10.2 Å². The Morgan fingerprint density at radius 2 is 1.53 bits per heavy atom. The third-order valence-electron chi connectivity index (χ3n) is 6.82. The minimum absolute atomic E-state index is 0.160. The predicted molar refractivity (Wildman–Crippen MR) is 146 cm³/mol. The lowest BCUT2D eigenvalue weighted by Gasteiger charge is -2.28. The molecule has 7 heteroatoms. The van der Waals surface area contributed by atoms with Crippen molar-refractivity contribution >= 4 is 27.3 Å². The van der Waals surface area contributed by atoms with Gasteiger partial charge in [0, 0.05) is 25.3 Å². The molecule has 36 heavy (non-hydrogen) atoms. The van der Waals surface area contributed by atoms with Crippen LogP contribution in [0, 0.1) is 20.8 Å². The van der Waals surface area contributed by atoms with Gasteiger partial charge in [-0.25, -0.2) is 8.42 Å². The molecule has 1 fully saturated rings. The minimum Gasteiger partial charge on any atom is -0.372 e. The maximum Gasteiger partial charge on any atom is 0.264 e. The molecule has 0 aromatic heterocycles. The highest BCUT2D eigenvalue weighted by Crippen LogP contribution is 2.26. The fourth-order valence-electron chi connectivity index (χ4n) is 4.40. The maximum atomic E-state index is 13.6. The second-order valence-corrected chi connectivity index (χ2v) is 11.4. The summed E-state index contributed by atoms with van der Waals surface area (Å²) in [5.41, 5.74) is 5.64. The second kappa shape index (κ2) is 11.2. The van der Waals surface area contributed by atoms with Crippen molar-refractivity contribution in [2.45, 2.75) is 51.5 Å². The Kier molecular flexibility index (Phi) is 7.99. The van der Waals surface area contributed by atoms with Crippen LogP contribution in [0.2, 0.25) is 0 Å².